The van der Waals surface area contributed by atoms with Gasteiger partial charge in [-0.15, -0.1) is 0 Å². The van der Waals surface area contributed by atoms with E-state index in [4.69, 9.17) is 46.4 Å². The van der Waals surface area contributed by atoms with Crippen LogP contribution in [0.5, 0.6) is 11.5 Å². The van der Waals surface area contributed by atoms with E-state index < -0.39 is 31.4 Å². The highest BCUT2D eigenvalue weighted by atomic mass is 35.5. The van der Waals surface area contributed by atoms with Crippen molar-refractivity contribution in [2.75, 3.05) is 0 Å². The number of aromatic hydroxyl groups is 2. The quantitative estimate of drug-likeness (QED) is 0.311. The summed E-state index contributed by atoms with van der Waals surface area (Å²) in [5.74, 6) is -1.05. The maximum Gasteiger partial charge on any atom is 0.283 e. The Labute approximate surface area is 186 Å². The van der Waals surface area contributed by atoms with Crippen LogP contribution in [0.25, 0.3) is 0 Å². The molecule has 0 amide bonds. The lowest BCUT2D eigenvalue weighted by Crippen LogP contribution is -2.38. The maximum absolute atomic E-state index is 13.0. The van der Waals surface area contributed by atoms with Crippen LogP contribution in [0, 0.1) is 0 Å². The molecule has 3 aromatic rings. The van der Waals surface area contributed by atoms with Gasteiger partial charge in [0.2, 0.25) is 0 Å². The average molecular weight is 494 g/mol. The number of phenols is 2. The molecule has 152 valence electrons. The average Bonchev–Trinajstić information content (AvgIpc) is 2.65. The zero-order valence-corrected chi connectivity index (χ0v) is 18.1. The van der Waals surface area contributed by atoms with Crippen molar-refractivity contribution in [2.45, 2.75) is 4.75 Å². The monoisotopic (exact) mass is 492 g/mol. The minimum absolute atomic E-state index is 0.0396. The van der Waals surface area contributed by atoms with Crippen molar-refractivity contribution < 1.29 is 23.2 Å². The molecule has 5 nitrogen and oxygen atoms in total. The Bertz CT molecular complexity index is 1200. The number of halogens is 4. The molecule has 29 heavy (non-hydrogen) atoms. The van der Waals surface area contributed by atoms with Crippen LogP contribution < -0.4 is 0 Å². The molecule has 0 saturated heterocycles. The smallest absolute Gasteiger partial charge is 0.283 e. The molecule has 0 saturated carbocycles. The molecule has 3 rings (SSSR count). The van der Waals surface area contributed by atoms with Crippen molar-refractivity contribution in [2.24, 2.45) is 0 Å². The first-order valence-electron chi connectivity index (χ1n) is 7.90. The van der Waals surface area contributed by atoms with Gasteiger partial charge in [-0.25, -0.2) is 0 Å². The van der Waals surface area contributed by atoms with Crippen molar-refractivity contribution >= 4 is 56.5 Å². The van der Waals surface area contributed by atoms with Gasteiger partial charge in [0, 0.05) is 10.6 Å². The summed E-state index contributed by atoms with van der Waals surface area (Å²) in [6.45, 7) is 0. The Balaban J connectivity index is 2.62. The molecule has 0 aliphatic carbocycles. The van der Waals surface area contributed by atoms with E-state index in [2.05, 4.69) is 0 Å². The normalized spacial score (nSPS) is 13.8. The van der Waals surface area contributed by atoms with Crippen LogP contribution in [0.4, 0.5) is 0 Å². The van der Waals surface area contributed by atoms with Gasteiger partial charge in [-0.1, -0.05) is 82.8 Å². The van der Waals surface area contributed by atoms with E-state index in [-0.39, 0.29) is 31.8 Å². The van der Waals surface area contributed by atoms with Crippen LogP contribution in [0.15, 0.2) is 54.6 Å². The second-order valence-electron chi connectivity index (χ2n) is 6.07. The molecule has 0 spiro atoms. The van der Waals surface area contributed by atoms with Gasteiger partial charge in [-0.2, -0.15) is 8.42 Å². The van der Waals surface area contributed by atoms with Crippen LogP contribution in [-0.4, -0.2) is 23.2 Å². The number of phenolic OH excluding ortho intramolecular Hbond substituents is 2. The summed E-state index contributed by atoms with van der Waals surface area (Å²) in [4.78, 5) is 0. The highest BCUT2D eigenvalue weighted by molar-refractivity contribution is 7.87. The van der Waals surface area contributed by atoms with E-state index >= 15 is 0 Å². The lowest BCUT2D eigenvalue weighted by molar-refractivity contribution is 0.455. The number of rotatable bonds is 4. The summed E-state index contributed by atoms with van der Waals surface area (Å²) < 4.78 is 34.0. The van der Waals surface area contributed by atoms with Gasteiger partial charge in [0.25, 0.3) is 10.1 Å². The van der Waals surface area contributed by atoms with Crippen LogP contribution in [0.3, 0.4) is 0 Å². The molecule has 1 atom stereocenters. The van der Waals surface area contributed by atoms with E-state index in [1.54, 1.807) is 18.2 Å². The molecule has 0 radical (unpaired) electrons. The molecule has 0 aromatic heterocycles. The summed E-state index contributed by atoms with van der Waals surface area (Å²) in [6.07, 6.45) is 0. The van der Waals surface area contributed by atoms with Crippen LogP contribution in [0.2, 0.25) is 20.1 Å². The Morgan fingerprint density at radius 1 is 0.759 bits per heavy atom. The van der Waals surface area contributed by atoms with E-state index in [1.807, 2.05) is 0 Å². The lowest BCUT2D eigenvalue weighted by Gasteiger charge is -2.34. The fourth-order valence-corrected chi connectivity index (χ4v) is 5.79. The number of hydrogen-bond donors (Lipinski definition) is 3. The summed E-state index contributed by atoms with van der Waals surface area (Å²) in [5, 5.41) is 19.4. The molecule has 3 N–H and O–H groups in total. The summed E-state index contributed by atoms with van der Waals surface area (Å²) in [5.41, 5.74) is -0.397. The van der Waals surface area contributed by atoms with Gasteiger partial charge in [0.05, 0.1) is 15.1 Å². The largest absolute Gasteiger partial charge is 0.506 e. The highest BCUT2D eigenvalue weighted by Crippen LogP contribution is 2.53. The third-order valence-corrected chi connectivity index (χ3v) is 7.14. The molecule has 0 heterocycles. The van der Waals surface area contributed by atoms with E-state index in [0.717, 1.165) is 12.1 Å². The van der Waals surface area contributed by atoms with E-state index in [0.29, 0.717) is 0 Å². The zero-order valence-electron chi connectivity index (χ0n) is 14.3. The Hall–Kier alpha value is -1.67. The molecular weight excluding hydrogens is 482 g/mol. The molecule has 3 aromatic carbocycles. The fourth-order valence-electron chi connectivity index (χ4n) is 3.19. The van der Waals surface area contributed by atoms with Crippen LogP contribution in [0.1, 0.15) is 16.7 Å². The molecule has 1 unspecified atom stereocenters. The summed E-state index contributed by atoms with van der Waals surface area (Å²) in [6, 6.07) is 12.3. The van der Waals surface area contributed by atoms with Crippen LogP contribution >= 0.6 is 46.4 Å². The predicted octanol–water partition coefficient (Wildman–Crippen LogP) is 5.89. The van der Waals surface area contributed by atoms with Crippen LogP contribution in [-0.2, 0) is 14.9 Å². The minimum Gasteiger partial charge on any atom is -0.506 e. The van der Waals surface area contributed by atoms with Crippen molar-refractivity contribution in [1.29, 1.82) is 0 Å². The zero-order chi connectivity index (χ0) is 21.6. The molecule has 10 heteroatoms. The van der Waals surface area contributed by atoms with Gasteiger partial charge >= 0.3 is 0 Å². The van der Waals surface area contributed by atoms with Crippen molar-refractivity contribution in [3.8, 4) is 11.5 Å². The van der Waals surface area contributed by atoms with Gasteiger partial charge in [-0.05, 0) is 29.3 Å². The molecular formula is C19H12Cl4O5S. The first kappa shape index (κ1) is 22.0. The third kappa shape index (κ3) is 3.54. The Morgan fingerprint density at radius 2 is 1.38 bits per heavy atom. The number of benzene rings is 3. The topological polar surface area (TPSA) is 94.8 Å². The van der Waals surface area contributed by atoms with Gasteiger partial charge in [-0.3, -0.25) is 4.55 Å². The molecule has 0 bridgehead atoms. The standard InChI is InChI=1S/C19H12Cl4O5S/c20-12-7-6-11(8-15(12)24)19(29(26,27)28,10-4-2-1-3-5-10)16-13(21)9-14(22)18(25)17(16)23/h1-9,24-25H,(H,26,27,28). The number of hydrogen-bond acceptors (Lipinski definition) is 4. The maximum atomic E-state index is 13.0. The van der Waals surface area contributed by atoms with Crippen molar-refractivity contribution in [1.82, 2.24) is 0 Å². The van der Waals surface area contributed by atoms with Crippen molar-refractivity contribution in [3.05, 3.63) is 91.4 Å². The van der Waals surface area contributed by atoms with E-state index in [1.165, 1.54) is 24.3 Å². The SMILES string of the molecule is O=S(=O)(O)C(c1ccccc1)(c1ccc(Cl)c(O)c1)c1c(Cl)cc(Cl)c(O)c1Cl. The predicted molar refractivity (Wildman–Crippen MR) is 114 cm³/mol. The highest BCUT2D eigenvalue weighted by Gasteiger charge is 2.51. The first-order chi connectivity index (χ1) is 13.5. The van der Waals surface area contributed by atoms with E-state index in [9.17, 15) is 23.2 Å². The second-order valence-corrected chi connectivity index (χ2v) is 9.23. The van der Waals surface area contributed by atoms with Crippen molar-refractivity contribution in [3.63, 3.8) is 0 Å². The Kier molecular flexibility index (Phi) is 5.98. The van der Waals surface area contributed by atoms with Gasteiger partial charge in [0.1, 0.15) is 5.75 Å². The first-order valence-corrected chi connectivity index (χ1v) is 10.9. The fraction of sp³-hybridized carbons (Fsp3) is 0.0526. The lowest BCUT2D eigenvalue weighted by atomic mass is 9.83. The third-order valence-electron chi connectivity index (χ3n) is 4.42. The molecule has 0 aliphatic heterocycles. The van der Waals surface area contributed by atoms with Gasteiger partial charge in [0.15, 0.2) is 10.5 Å². The molecule has 0 aliphatic rings. The summed E-state index contributed by atoms with van der Waals surface area (Å²) in [7, 11) is -5.07. The summed E-state index contributed by atoms with van der Waals surface area (Å²) >= 11 is 24.4. The minimum atomic E-state index is -5.07. The Morgan fingerprint density at radius 3 is 1.93 bits per heavy atom. The van der Waals surface area contributed by atoms with Gasteiger partial charge < -0.3 is 10.2 Å². The molecule has 0 fully saturated rings. The second kappa shape index (κ2) is 7.87.